The van der Waals surface area contributed by atoms with Gasteiger partial charge in [-0.1, -0.05) is 17.7 Å². The van der Waals surface area contributed by atoms with Crippen molar-refractivity contribution in [3.8, 4) is 0 Å². The SMILES string of the molecule is O=C(NCCC(=O)N1CCN(c2cccc(Cl)c2)CC1)c1ccco1. The normalized spacial score (nSPS) is 14.4. The molecule has 132 valence electrons. The third-order valence-corrected chi connectivity index (χ3v) is 4.41. The Hall–Kier alpha value is -2.47. The zero-order chi connectivity index (χ0) is 17.6. The van der Waals surface area contributed by atoms with Crippen LogP contribution < -0.4 is 10.2 Å². The summed E-state index contributed by atoms with van der Waals surface area (Å²) >= 11 is 6.03. The van der Waals surface area contributed by atoms with Gasteiger partial charge in [0, 0.05) is 49.9 Å². The highest BCUT2D eigenvalue weighted by atomic mass is 35.5. The Kier molecular flexibility index (Phi) is 5.60. The lowest BCUT2D eigenvalue weighted by Gasteiger charge is -2.36. The van der Waals surface area contributed by atoms with Crippen LogP contribution in [0, 0.1) is 0 Å². The standard InChI is InChI=1S/C18H20ClN3O3/c19-14-3-1-4-15(13-14)21-8-10-22(11-9-21)17(23)6-7-20-18(24)16-5-2-12-25-16/h1-5,12-13H,6-11H2,(H,20,24). The van der Waals surface area contributed by atoms with E-state index >= 15 is 0 Å². The van der Waals surface area contributed by atoms with Gasteiger partial charge in [0.05, 0.1) is 6.26 Å². The number of nitrogens with zero attached hydrogens (tertiary/aromatic N) is 2. The van der Waals surface area contributed by atoms with Crippen LogP contribution in [0.4, 0.5) is 5.69 Å². The summed E-state index contributed by atoms with van der Waals surface area (Å²) in [5.74, 6) is -0.00310. The molecular formula is C18H20ClN3O3. The van der Waals surface area contributed by atoms with Gasteiger partial charge in [0.15, 0.2) is 5.76 Å². The Labute approximate surface area is 151 Å². The molecule has 1 saturated heterocycles. The van der Waals surface area contributed by atoms with Gasteiger partial charge < -0.3 is 19.5 Å². The van der Waals surface area contributed by atoms with Gasteiger partial charge >= 0.3 is 0 Å². The van der Waals surface area contributed by atoms with Crippen LogP contribution in [-0.4, -0.2) is 49.4 Å². The van der Waals surface area contributed by atoms with E-state index in [0.29, 0.717) is 24.7 Å². The van der Waals surface area contributed by atoms with E-state index in [1.54, 1.807) is 12.1 Å². The Morgan fingerprint density at radius 2 is 1.92 bits per heavy atom. The minimum absolute atomic E-state index is 0.0467. The van der Waals surface area contributed by atoms with E-state index in [2.05, 4.69) is 10.2 Å². The molecule has 2 aromatic rings. The van der Waals surface area contributed by atoms with Gasteiger partial charge in [0.25, 0.3) is 5.91 Å². The fourth-order valence-electron chi connectivity index (χ4n) is 2.82. The molecule has 25 heavy (non-hydrogen) atoms. The molecule has 0 spiro atoms. The number of carbonyl (C=O) groups is 2. The predicted octanol–water partition coefficient (Wildman–Crippen LogP) is 2.40. The number of benzene rings is 1. The molecule has 0 unspecified atom stereocenters. The van der Waals surface area contributed by atoms with Crippen LogP contribution in [0.25, 0.3) is 0 Å². The first-order valence-electron chi connectivity index (χ1n) is 8.23. The number of nitrogens with one attached hydrogen (secondary N) is 1. The van der Waals surface area contributed by atoms with Crippen LogP contribution in [0.5, 0.6) is 0 Å². The Morgan fingerprint density at radius 3 is 2.60 bits per heavy atom. The van der Waals surface area contributed by atoms with Crippen molar-refractivity contribution in [1.29, 1.82) is 0 Å². The maximum absolute atomic E-state index is 12.3. The number of hydrogen-bond acceptors (Lipinski definition) is 4. The lowest BCUT2D eigenvalue weighted by Crippen LogP contribution is -2.49. The summed E-state index contributed by atoms with van der Waals surface area (Å²) in [6.07, 6.45) is 1.73. The molecule has 0 radical (unpaired) electrons. The fraction of sp³-hybridized carbons (Fsp3) is 0.333. The number of furan rings is 1. The molecule has 1 aliphatic rings. The van der Waals surface area contributed by atoms with Crippen molar-refractivity contribution in [2.75, 3.05) is 37.6 Å². The number of hydrogen-bond donors (Lipinski definition) is 1. The van der Waals surface area contributed by atoms with E-state index in [9.17, 15) is 9.59 Å². The van der Waals surface area contributed by atoms with Gasteiger partial charge in [-0.3, -0.25) is 9.59 Å². The molecule has 6 nitrogen and oxygen atoms in total. The van der Waals surface area contributed by atoms with Crippen LogP contribution in [0.3, 0.4) is 0 Å². The lowest BCUT2D eigenvalue weighted by atomic mass is 10.2. The second-order valence-electron chi connectivity index (χ2n) is 5.83. The number of halogens is 1. The van der Waals surface area contributed by atoms with Crippen LogP contribution in [0.15, 0.2) is 47.1 Å². The van der Waals surface area contributed by atoms with E-state index in [-0.39, 0.29) is 24.0 Å². The molecule has 2 heterocycles. The van der Waals surface area contributed by atoms with E-state index in [1.807, 2.05) is 29.2 Å². The van der Waals surface area contributed by atoms with E-state index < -0.39 is 0 Å². The van der Waals surface area contributed by atoms with Crippen molar-refractivity contribution in [3.63, 3.8) is 0 Å². The maximum atomic E-state index is 12.3. The monoisotopic (exact) mass is 361 g/mol. The quantitative estimate of drug-likeness (QED) is 0.888. The number of rotatable bonds is 5. The molecule has 0 atom stereocenters. The molecule has 0 aliphatic carbocycles. The van der Waals surface area contributed by atoms with Crippen LogP contribution in [-0.2, 0) is 4.79 Å². The largest absolute Gasteiger partial charge is 0.459 e. The molecule has 3 rings (SSSR count). The molecule has 2 amide bonds. The van der Waals surface area contributed by atoms with Gasteiger partial charge in [0.1, 0.15) is 0 Å². The van der Waals surface area contributed by atoms with Crippen molar-refractivity contribution in [2.24, 2.45) is 0 Å². The van der Waals surface area contributed by atoms with Crippen molar-refractivity contribution in [2.45, 2.75) is 6.42 Å². The number of piperazine rings is 1. The van der Waals surface area contributed by atoms with Gasteiger partial charge in [-0.15, -0.1) is 0 Å². The van der Waals surface area contributed by atoms with Gasteiger partial charge in [-0.25, -0.2) is 0 Å². The van der Waals surface area contributed by atoms with Crippen molar-refractivity contribution in [3.05, 3.63) is 53.4 Å². The first-order chi connectivity index (χ1) is 12.1. The maximum Gasteiger partial charge on any atom is 0.286 e. The van der Waals surface area contributed by atoms with E-state index in [0.717, 1.165) is 18.8 Å². The average molecular weight is 362 g/mol. The summed E-state index contributed by atoms with van der Waals surface area (Å²) in [6, 6.07) is 11.0. The molecule has 1 N–H and O–H groups in total. The molecule has 1 fully saturated rings. The van der Waals surface area contributed by atoms with E-state index in [1.165, 1.54) is 6.26 Å². The highest BCUT2D eigenvalue weighted by Gasteiger charge is 2.21. The molecule has 1 aromatic carbocycles. The highest BCUT2D eigenvalue weighted by molar-refractivity contribution is 6.30. The molecule has 0 saturated carbocycles. The van der Waals surface area contributed by atoms with Gasteiger partial charge in [0.2, 0.25) is 5.91 Å². The van der Waals surface area contributed by atoms with Crippen molar-refractivity contribution >= 4 is 29.1 Å². The highest BCUT2D eigenvalue weighted by Crippen LogP contribution is 2.20. The smallest absolute Gasteiger partial charge is 0.286 e. The summed E-state index contributed by atoms with van der Waals surface area (Å²) in [5.41, 5.74) is 1.07. The third kappa shape index (κ3) is 4.54. The van der Waals surface area contributed by atoms with Gasteiger partial charge in [-0.05, 0) is 30.3 Å². The zero-order valence-electron chi connectivity index (χ0n) is 13.8. The summed E-state index contributed by atoms with van der Waals surface area (Å²) in [7, 11) is 0. The van der Waals surface area contributed by atoms with Crippen LogP contribution >= 0.6 is 11.6 Å². The Balaban J connectivity index is 1.41. The second-order valence-corrected chi connectivity index (χ2v) is 6.27. The zero-order valence-corrected chi connectivity index (χ0v) is 14.5. The molecule has 0 bridgehead atoms. The molecular weight excluding hydrogens is 342 g/mol. The summed E-state index contributed by atoms with van der Waals surface area (Å²) in [6.45, 7) is 3.16. The van der Waals surface area contributed by atoms with Crippen molar-refractivity contribution < 1.29 is 14.0 Å². The minimum atomic E-state index is -0.302. The van der Waals surface area contributed by atoms with Crippen molar-refractivity contribution in [1.82, 2.24) is 10.2 Å². The topological polar surface area (TPSA) is 65.8 Å². The molecule has 1 aliphatic heterocycles. The predicted molar refractivity (Wildman–Crippen MR) is 95.9 cm³/mol. The van der Waals surface area contributed by atoms with Gasteiger partial charge in [-0.2, -0.15) is 0 Å². The average Bonchev–Trinajstić information content (AvgIpc) is 3.16. The number of amides is 2. The number of anilines is 1. The van der Waals surface area contributed by atoms with E-state index in [4.69, 9.17) is 16.0 Å². The Morgan fingerprint density at radius 1 is 1.12 bits per heavy atom. The Bertz CT molecular complexity index is 725. The van der Waals surface area contributed by atoms with Crippen LogP contribution in [0.2, 0.25) is 5.02 Å². The first-order valence-corrected chi connectivity index (χ1v) is 8.61. The first kappa shape index (κ1) is 17.4. The lowest BCUT2D eigenvalue weighted by molar-refractivity contribution is -0.131. The second kappa shape index (κ2) is 8.07. The fourth-order valence-corrected chi connectivity index (χ4v) is 3.01. The van der Waals surface area contributed by atoms with Crippen LogP contribution in [0.1, 0.15) is 17.0 Å². The summed E-state index contributed by atoms with van der Waals surface area (Å²) in [5, 5.41) is 3.40. The minimum Gasteiger partial charge on any atom is -0.459 e. The summed E-state index contributed by atoms with van der Waals surface area (Å²) < 4.78 is 5.01. The molecule has 7 heteroatoms. The molecule has 1 aromatic heterocycles. The third-order valence-electron chi connectivity index (χ3n) is 4.18. The summed E-state index contributed by atoms with van der Waals surface area (Å²) in [4.78, 5) is 28.1. The number of carbonyl (C=O) groups excluding carboxylic acids is 2.